The number of rotatable bonds is 7. The second-order valence-electron chi connectivity index (χ2n) is 6.85. The van der Waals surface area contributed by atoms with Gasteiger partial charge in [0, 0.05) is 32.6 Å². The fraction of sp³-hybridized carbons (Fsp3) is 0.588. The van der Waals surface area contributed by atoms with E-state index >= 15 is 0 Å². The predicted molar refractivity (Wildman–Crippen MR) is 95.0 cm³/mol. The van der Waals surface area contributed by atoms with Crippen molar-refractivity contribution in [3.05, 3.63) is 35.4 Å². The lowest BCUT2D eigenvalue weighted by molar-refractivity contribution is -0.137. The molecule has 1 amide bonds. The summed E-state index contributed by atoms with van der Waals surface area (Å²) in [5, 5.41) is 0. The predicted octanol–water partition coefficient (Wildman–Crippen LogP) is 2.54. The molecular weight excluding hydrogens is 383 g/mol. The maximum absolute atomic E-state index is 13.1. The van der Waals surface area contributed by atoms with Gasteiger partial charge in [0.15, 0.2) is 0 Å². The van der Waals surface area contributed by atoms with E-state index in [2.05, 4.69) is 4.72 Å². The lowest BCUT2D eigenvalue weighted by Crippen LogP contribution is -2.46. The van der Waals surface area contributed by atoms with Crippen LogP contribution in [0.3, 0.4) is 0 Å². The molecule has 0 radical (unpaired) electrons. The topological polar surface area (TPSA) is 69.7 Å². The summed E-state index contributed by atoms with van der Waals surface area (Å²) in [5.41, 5.74) is -0.709. The van der Waals surface area contributed by atoms with Gasteiger partial charge >= 0.3 is 6.18 Å². The van der Waals surface area contributed by atoms with E-state index in [1.165, 1.54) is 24.1 Å². The summed E-state index contributed by atoms with van der Waals surface area (Å²) in [7, 11) is -2.56. The summed E-state index contributed by atoms with van der Waals surface area (Å²) >= 11 is 0. The van der Waals surface area contributed by atoms with Crippen LogP contribution in [0.5, 0.6) is 0 Å². The molecule has 1 N–H and O–H groups in total. The lowest BCUT2D eigenvalue weighted by atomic mass is 10.0. The molecule has 0 aromatic heterocycles. The zero-order valence-electron chi connectivity index (χ0n) is 15.5. The van der Waals surface area contributed by atoms with Gasteiger partial charge in [0.2, 0.25) is 5.91 Å². The van der Waals surface area contributed by atoms with Crippen LogP contribution in [0.2, 0.25) is 0 Å². The molecule has 1 aromatic rings. The number of nitrogens with zero attached hydrogens (tertiary/aromatic N) is 2. The number of hydrogen-bond donors (Lipinski definition) is 1. The van der Waals surface area contributed by atoms with Crippen molar-refractivity contribution in [3.8, 4) is 0 Å². The number of hydrogen-bond acceptors (Lipinski definition) is 3. The maximum Gasteiger partial charge on any atom is 0.416 e. The normalized spacial score (nSPS) is 17.2. The van der Waals surface area contributed by atoms with Gasteiger partial charge in [-0.25, -0.2) is 0 Å². The van der Waals surface area contributed by atoms with Crippen LogP contribution in [0.1, 0.15) is 43.9 Å². The summed E-state index contributed by atoms with van der Waals surface area (Å²) in [6, 6.07) is 3.19. The first kappa shape index (κ1) is 21.6. The molecular formula is C17H24F3N3O3S. The molecule has 1 aliphatic heterocycles. The Morgan fingerprint density at radius 1 is 1.30 bits per heavy atom. The summed E-state index contributed by atoms with van der Waals surface area (Å²) in [6.45, 7) is 3.80. The Balaban J connectivity index is 2.37. The van der Waals surface area contributed by atoms with Crippen molar-refractivity contribution in [1.82, 2.24) is 13.9 Å². The first-order valence-corrected chi connectivity index (χ1v) is 10.1. The van der Waals surface area contributed by atoms with Gasteiger partial charge in [-0.2, -0.15) is 30.6 Å². The van der Waals surface area contributed by atoms with Crippen LogP contribution in [-0.4, -0.2) is 49.7 Å². The van der Waals surface area contributed by atoms with Gasteiger partial charge < -0.3 is 4.90 Å². The number of alkyl halides is 3. The van der Waals surface area contributed by atoms with Crippen LogP contribution in [0.4, 0.5) is 13.2 Å². The Bertz CT molecular complexity index is 781. The van der Waals surface area contributed by atoms with Gasteiger partial charge in [-0.05, 0) is 38.0 Å². The van der Waals surface area contributed by atoms with Crippen LogP contribution in [0.25, 0.3) is 0 Å². The van der Waals surface area contributed by atoms with Crippen molar-refractivity contribution >= 4 is 16.1 Å². The number of carbonyl (C=O) groups excluding carboxylic acids is 1. The lowest BCUT2D eigenvalue weighted by Gasteiger charge is -2.29. The largest absolute Gasteiger partial charge is 0.416 e. The standard InChI is InChI=1S/C17H24F3N3O3S/c1-12(2)22(3)27(25,26)21-15(11-23-9-5-8-16(23)24)13-6-4-7-14(10-13)17(18,19)20/h4,6-7,10,12,15,21H,5,8-9,11H2,1-3H3/t15-/m1/s1. The molecule has 1 heterocycles. The van der Waals surface area contributed by atoms with Crippen LogP contribution in [0, 0.1) is 0 Å². The molecule has 1 fully saturated rings. The number of benzene rings is 1. The number of nitrogens with one attached hydrogen (secondary N) is 1. The van der Waals surface area contributed by atoms with Crippen molar-refractivity contribution in [3.63, 3.8) is 0 Å². The third-order valence-corrected chi connectivity index (χ3v) is 6.35. The van der Waals surface area contributed by atoms with Crippen LogP contribution < -0.4 is 4.72 Å². The monoisotopic (exact) mass is 407 g/mol. The third-order valence-electron chi connectivity index (χ3n) is 4.59. The van der Waals surface area contributed by atoms with Gasteiger partial charge in [-0.15, -0.1) is 0 Å². The first-order valence-electron chi connectivity index (χ1n) is 8.62. The van der Waals surface area contributed by atoms with Crippen molar-refractivity contribution in [2.45, 2.75) is 44.9 Å². The van der Waals surface area contributed by atoms with Gasteiger partial charge in [-0.3, -0.25) is 4.79 Å². The minimum absolute atomic E-state index is 0.0225. The van der Waals surface area contributed by atoms with E-state index in [4.69, 9.17) is 0 Å². The van der Waals surface area contributed by atoms with E-state index < -0.39 is 28.0 Å². The van der Waals surface area contributed by atoms with Crippen LogP contribution in [-0.2, 0) is 21.2 Å². The molecule has 1 atom stereocenters. The summed E-state index contributed by atoms with van der Waals surface area (Å²) < 4.78 is 67.9. The quantitative estimate of drug-likeness (QED) is 0.755. The Morgan fingerprint density at radius 2 is 1.96 bits per heavy atom. The molecule has 1 saturated heterocycles. The van der Waals surface area contributed by atoms with Crippen LogP contribution >= 0.6 is 0 Å². The Hall–Kier alpha value is -1.65. The van der Waals surface area contributed by atoms with E-state index in [9.17, 15) is 26.4 Å². The van der Waals surface area contributed by atoms with E-state index in [0.717, 1.165) is 16.4 Å². The van der Waals surface area contributed by atoms with Crippen molar-refractivity contribution in [2.75, 3.05) is 20.1 Å². The molecule has 2 rings (SSSR count). The molecule has 1 aromatic carbocycles. The summed E-state index contributed by atoms with van der Waals surface area (Å²) in [4.78, 5) is 13.4. The molecule has 0 aliphatic carbocycles. The molecule has 0 saturated carbocycles. The van der Waals surface area contributed by atoms with Crippen molar-refractivity contribution < 1.29 is 26.4 Å². The van der Waals surface area contributed by atoms with E-state index in [1.54, 1.807) is 13.8 Å². The average molecular weight is 407 g/mol. The van der Waals surface area contributed by atoms with Crippen molar-refractivity contribution in [1.29, 1.82) is 0 Å². The number of halogens is 3. The molecule has 0 spiro atoms. The second-order valence-corrected chi connectivity index (χ2v) is 8.61. The smallest absolute Gasteiger partial charge is 0.341 e. The fourth-order valence-electron chi connectivity index (χ4n) is 2.80. The molecule has 27 heavy (non-hydrogen) atoms. The highest BCUT2D eigenvalue weighted by molar-refractivity contribution is 7.87. The van der Waals surface area contributed by atoms with E-state index in [-0.39, 0.29) is 24.1 Å². The molecule has 152 valence electrons. The third kappa shape index (κ3) is 5.43. The number of amides is 1. The zero-order valence-corrected chi connectivity index (χ0v) is 16.3. The second kappa shape index (κ2) is 8.15. The first-order chi connectivity index (χ1) is 12.4. The molecule has 1 aliphatic rings. The summed E-state index contributed by atoms with van der Waals surface area (Å²) in [5.74, 6) is -0.136. The molecule has 10 heteroatoms. The minimum Gasteiger partial charge on any atom is -0.341 e. The highest BCUT2D eigenvalue weighted by Crippen LogP contribution is 2.31. The maximum atomic E-state index is 13.1. The SMILES string of the molecule is CC(C)N(C)S(=O)(=O)N[C@H](CN1CCCC1=O)c1cccc(C(F)(F)F)c1. The Morgan fingerprint density at radius 3 is 2.48 bits per heavy atom. The van der Waals surface area contributed by atoms with Gasteiger partial charge in [0.25, 0.3) is 10.2 Å². The fourth-order valence-corrected chi connectivity index (χ4v) is 4.09. The minimum atomic E-state index is -4.54. The molecule has 6 nitrogen and oxygen atoms in total. The Labute approximate surface area is 157 Å². The Kier molecular flexibility index (Phi) is 6.54. The number of carbonyl (C=O) groups is 1. The zero-order chi connectivity index (χ0) is 20.4. The van der Waals surface area contributed by atoms with E-state index in [0.29, 0.717) is 19.4 Å². The van der Waals surface area contributed by atoms with Gasteiger partial charge in [-0.1, -0.05) is 12.1 Å². The summed E-state index contributed by atoms with van der Waals surface area (Å²) in [6.07, 6.45) is -3.54. The van der Waals surface area contributed by atoms with E-state index in [1.807, 2.05) is 0 Å². The van der Waals surface area contributed by atoms with Crippen molar-refractivity contribution in [2.24, 2.45) is 0 Å². The average Bonchev–Trinajstić information content (AvgIpc) is 2.97. The van der Waals surface area contributed by atoms with Gasteiger partial charge in [0.1, 0.15) is 0 Å². The molecule has 0 unspecified atom stereocenters. The number of likely N-dealkylation sites (tertiary alicyclic amines) is 1. The van der Waals surface area contributed by atoms with Crippen LogP contribution in [0.15, 0.2) is 24.3 Å². The molecule has 0 bridgehead atoms. The highest BCUT2D eigenvalue weighted by atomic mass is 32.2. The highest BCUT2D eigenvalue weighted by Gasteiger charge is 2.33. The van der Waals surface area contributed by atoms with Gasteiger partial charge in [0.05, 0.1) is 11.6 Å².